The number of amides is 2. The highest BCUT2D eigenvalue weighted by Gasteiger charge is 2.25. The van der Waals surface area contributed by atoms with Crippen LogP contribution in [0, 0.1) is 0 Å². The van der Waals surface area contributed by atoms with Crippen LogP contribution >= 0.6 is 11.8 Å². The summed E-state index contributed by atoms with van der Waals surface area (Å²) in [5.41, 5.74) is 3.61. The summed E-state index contributed by atoms with van der Waals surface area (Å²) in [5, 5.41) is 3.52. The first-order chi connectivity index (χ1) is 10.7. The van der Waals surface area contributed by atoms with Crippen molar-refractivity contribution >= 4 is 23.8 Å². The second kappa shape index (κ2) is 6.57. The topological polar surface area (TPSA) is 72.4 Å². The van der Waals surface area contributed by atoms with Gasteiger partial charge in [-0.25, -0.2) is 4.79 Å². The number of alkyl carbamates (subject to hydrolysis) is 1. The monoisotopic (exact) mass is 317 g/mol. The molecule has 1 aromatic heterocycles. The maximum absolute atomic E-state index is 12.1. The lowest BCUT2D eigenvalue weighted by molar-refractivity contribution is -0.118. The Balaban J connectivity index is 1.53. The number of ether oxygens (including phenoxy) is 1. The van der Waals surface area contributed by atoms with Crippen LogP contribution in [0.2, 0.25) is 0 Å². The minimum Gasteiger partial charge on any atom is -0.445 e. The molecule has 1 aliphatic rings. The molecule has 0 radical (unpaired) electrons. The van der Waals surface area contributed by atoms with E-state index in [-0.39, 0.29) is 12.5 Å². The number of benzene rings is 1. The van der Waals surface area contributed by atoms with Gasteiger partial charge in [0.05, 0.1) is 5.03 Å². The molecule has 0 saturated heterocycles. The molecule has 2 aromatic rings. The van der Waals surface area contributed by atoms with Crippen LogP contribution in [0.4, 0.5) is 4.79 Å². The van der Waals surface area contributed by atoms with Crippen molar-refractivity contribution in [2.45, 2.75) is 17.7 Å². The molecule has 22 heavy (non-hydrogen) atoms. The van der Waals surface area contributed by atoms with Crippen LogP contribution in [-0.4, -0.2) is 28.5 Å². The standard InChI is InChI=1S/C15H15N3O3S/c19-14-12(10-22-13-7-4-8-18(13)17-14)16-15(20)21-9-11-5-2-1-3-6-11/h1-8,12H,9-10H2,(H,16,20)(H,17,19)/t12-/m0/s1. The first kappa shape index (κ1) is 14.5. The molecule has 0 fully saturated rings. The van der Waals surface area contributed by atoms with Crippen molar-refractivity contribution in [1.29, 1.82) is 0 Å². The number of fused-ring (bicyclic) bond motifs is 1. The predicted octanol–water partition coefficient (Wildman–Crippen LogP) is 1.96. The molecule has 0 bridgehead atoms. The van der Waals surface area contributed by atoms with Gasteiger partial charge in [0.15, 0.2) is 0 Å². The van der Waals surface area contributed by atoms with Gasteiger partial charge in [0.25, 0.3) is 5.91 Å². The predicted molar refractivity (Wildman–Crippen MR) is 83.1 cm³/mol. The molecule has 7 heteroatoms. The smallest absolute Gasteiger partial charge is 0.408 e. The number of thioether (sulfide) groups is 1. The van der Waals surface area contributed by atoms with Gasteiger partial charge in [-0.1, -0.05) is 30.3 Å². The Hall–Kier alpha value is -2.41. The van der Waals surface area contributed by atoms with Gasteiger partial charge >= 0.3 is 6.09 Å². The summed E-state index contributed by atoms with van der Waals surface area (Å²) in [6.07, 6.45) is 1.16. The molecule has 2 heterocycles. The third-order valence-corrected chi connectivity index (χ3v) is 4.29. The van der Waals surface area contributed by atoms with E-state index >= 15 is 0 Å². The highest BCUT2D eigenvalue weighted by molar-refractivity contribution is 7.99. The molecular formula is C15H15N3O3S. The van der Waals surface area contributed by atoms with Crippen LogP contribution in [-0.2, 0) is 16.1 Å². The molecule has 0 spiro atoms. The number of rotatable bonds is 3. The van der Waals surface area contributed by atoms with Crippen molar-refractivity contribution in [3.8, 4) is 0 Å². The summed E-state index contributed by atoms with van der Waals surface area (Å²) in [4.78, 5) is 23.9. The first-order valence-corrected chi connectivity index (χ1v) is 7.79. The normalized spacial score (nSPS) is 17.1. The Labute approximate surface area is 131 Å². The van der Waals surface area contributed by atoms with E-state index in [4.69, 9.17) is 4.74 Å². The fourth-order valence-corrected chi connectivity index (χ4v) is 3.02. The van der Waals surface area contributed by atoms with Gasteiger partial charge in [-0.15, -0.1) is 11.8 Å². The third kappa shape index (κ3) is 3.43. The third-order valence-electron chi connectivity index (χ3n) is 3.16. The zero-order valence-electron chi connectivity index (χ0n) is 11.7. The fourth-order valence-electron chi connectivity index (χ4n) is 2.03. The zero-order valence-corrected chi connectivity index (χ0v) is 12.5. The van der Waals surface area contributed by atoms with Crippen LogP contribution in [0.15, 0.2) is 53.7 Å². The van der Waals surface area contributed by atoms with Crippen molar-refractivity contribution < 1.29 is 14.3 Å². The van der Waals surface area contributed by atoms with Crippen molar-refractivity contribution in [1.82, 2.24) is 9.99 Å². The number of aromatic nitrogens is 1. The van der Waals surface area contributed by atoms with E-state index in [1.807, 2.05) is 42.5 Å². The summed E-state index contributed by atoms with van der Waals surface area (Å²) in [6.45, 7) is 0.175. The molecule has 3 rings (SSSR count). The van der Waals surface area contributed by atoms with Crippen LogP contribution in [0.1, 0.15) is 5.56 Å². The van der Waals surface area contributed by atoms with Crippen molar-refractivity contribution in [3.63, 3.8) is 0 Å². The van der Waals surface area contributed by atoms with Gasteiger partial charge in [-0.2, -0.15) is 0 Å². The van der Waals surface area contributed by atoms with Gasteiger partial charge in [0, 0.05) is 11.9 Å². The minimum atomic E-state index is -0.631. The molecule has 1 aromatic carbocycles. The highest BCUT2D eigenvalue weighted by atomic mass is 32.2. The van der Waals surface area contributed by atoms with Gasteiger partial charge in [-0.3, -0.25) is 14.9 Å². The second-order valence-electron chi connectivity index (χ2n) is 4.76. The van der Waals surface area contributed by atoms with Crippen LogP contribution in [0.3, 0.4) is 0 Å². The quantitative estimate of drug-likeness (QED) is 0.908. The van der Waals surface area contributed by atoms with Crippen molar-refractivity contribution in [2.24, 2.45) is 0 Å². The summed E-state index contributed by atoms with van der Waals surface area (Å²) < 4.78 is 6.78. The number of carbonyl (C=O) groups is 2. The SMILES string of the molecule is O=C(N[C@H]1CSc2cccn2NC1=O)OCc1ccccc1. The average molecular weight is 317 g/mol. The Kier molecular flexibility index (Phi) is 4.34. The molecule has 114 valence electrons. The van der Waals surface area contributed by atoms with E-state index in [9.17, 15) is 9.59 Å². The first-order valence-electron chi connectivity index (χ1n) is 6.80. The van der Waals surface area contributed by atoms with E-state index in [1.54, 1.807) is 10.9 Å². The van der Waals surface area contributed by atoms with Crippen LogP contribution in [0.25, 0.3) is 0 Å². The highest BCUT2D eigenvalue weighted by Crippen LogP contribution is 2.21. The van der Waals surface area contributed by atoms with E-state index in [0.29, 0.717) is 5.75 Å². The molecule has 1 aliphatic heterocycles. The fraction of sp³-hybridized carbons (Fsp3) is 0.200. The molecular weight excluding hydrogens is 302 g/mol. The number of hydrogen-bond donors (Lipinski definition) is 2. The summed E-state index contributed by atoms with van der Waals surface area (Å²) >= 11 is 1.49. The molecule has 6 nitrogen and oxygen atoms in total. The molecule has 2 amide bonds. The zero-order chi connectivity index (χ0) is 15.4. The Morgan fingerprint density at radius 2 is 2.14 bits per heavy atom. The molecule has 0 aliphatic carbocycles. The lowest BCUT2D eigenvalue weighted by Gasteiger charge is -2.15. The largest absolute Gasteiger partial charge is 0.445 e. The van der Waals surface area contributed by atoms with Gasteiger partial charge in [0.2, 0.25) is 0 Å². The number of nitrogens with one attached hydrogen (secondary N) is 2. The summed E-state index contributed by atoms with van der Waals surface area (Å²) in [7, 11) is 0. The van der Waals surface area contributed by atoms with E-state index in [2.05, 4.69) is 10.7 Å². The molecule has 0 unspecified atom stereocenters. The van der Waals surface area contributed by atoms with Crippen LogP contribution in [0.5, 0.6) is 0 Å². The Morgan fingerprint density at radius 1 is 1.32 bits per heavy atom. The molecule has 0 saturated carbocycles. The number of nitrogens with zero attached hydrogens (tertiary/aromatic N) is 1. The van der Waals surface area contributed by atoms with Gasteiger partial charge < -0.3 is 10.1 Å². The number of carbonyl (C=O) groups excluding carboxylic acids is 2. The van der Waals surface area contributed by atoms with Crippen LogP contribution < -0.4 is 10.7 Å². The van der Waals surface area contributed by atoms with E-state index < -0.39 is 12.1 Å². The number of hydrogen-bond acceptors (Lipinski definition) is 4. The maximum Gasteiger partial charge on any atom is 0.408 e. The van der Waals surface area contributed by atoms with E-state index in [0.717, 1.165) is 10.6 Å². The maximum atomic E-state index is 12.1. The summed E-state index contributed by atoms with van der Waals surface area (Å²) in [5.74, 6) is 0.190. The lowest BCUT2D eigenvalue weighted by atomic mass is 10.2. The van der Waals surface area contributed by atoms with Gasteiger partial charge in [0.1, 0.15) is 12.6 Å². The average Bonchev–Trinajstić information content (AvgIpc) is 2.91. The molecule has 1 atom stereocenters. The Bertz CT molecular complexity index is 672. The van der Waals surface area contributed by atoms with Crippen molar-refractivity contribution in [2.75, 3.05) is 11.2 Å². The van der Waals surface area contributed by atoms with Gasteiger partial charge in [-0.05, 0) is 17.7 Å². The Morgan fingerprint density at radius 3 is 2.95 bits per heavy atom. The second-order valence-corrected chi connectivity index (χ2v) is 5.80. The van der Waals surface area contributed by atoms with Crippen molar-refractivity contribution in [3.05, 3.63) is 54.2 Å². The summed E-state index contributed by atoms with van der Waals surface area (Å²) in [6, 6.07) is 12.5. The van der Waals surface area contributed by atoms with E-state index in [1.165, 1.54) is 11.8 Å². The minimum absolute atomic E-state index is 0.175. The lowest BCUT2D eigenvalue weighted by Crippen LogP contribution is -2.46. The molecule has 2 N–H and O–H groups in total.